The van der Waals surface area contributed by atoms with Crippen molar-refractivity contribution in [2.24, 2.45) is 0 Å². The Hall–Kier alpha value is -2.05. The summed E-state index contributed by atoms with van der Waals surface area (Å²) in [6, 6.07) is 2.45. The fourth-order valence-corrected chi connectivity index (χ4v) is 2.01. The second kappa shape index (κ2) is 6.15. The summed E-state index contributed by atoms with van der Waals surface area (Å²) in [5.74, 6) is 1.48. The molecule has 114 valence electrons. The Bertz CT molecular complexity index is 575. The van der Waals surface area contributed by atoms with Crippen LogP contribution in [0.15, 0.2) is 30.7 Å². The van der Waals surface area contributed by atoms with Crippen molar-refractivity contribution in [2.75, 3.05) is 18.5 Å². The molecule has 7 heteroatoms. The van der Waals surface area contributed by atoms with Crippen LogP contribution in [0.2, 0.25) is 0 Å². The molecule has 2 rings (SSSR count). The van der Waals surface area contributed by atoms with Crippen LogP contribution in [0.5, 0.6) is 0 Å². The molecule has 0 aliphatic heterocycles. The number of aryl methyl sites for hydroxylation is 2. The van der Waals surface area contributed by atoms with Gasteiger partial charge in [0.05, 0.1) is 5.56 Å². The van der Waals surface area contributed by atoms with Crippen LogP contribution in [-0.4, -0.2) is 28.1 Å². The van der Waals surface area contributed by atoms with E-state index in [-0.39, 0.29) is 0 Å². The molecular formula is C14H17F3N4. The van der Waals surface area contributed by atoms with Gasteiger partial charge in [0.15, 0.2) is 0 Å². The summed E-state index contributed by atoms with van der Waals surface area (Å²) in [7, 11) is 1.82. The standard InChI is InChI=1S/C14H17F3N4/c1-11-18-6-9-21(11)8-3-7-20(2)13-5-4-12(10-19-13)14(15,16)17/h4-6,9-10H,3,7-8H2,1-2H3. The quantitative estimate of drug-likeness (QED) is 0.850. The van der Waals surface area contributed by atoms with Crippen molar-refractivity contribution in [3.63, 3.8) is 0 Å². The summed E-state index contributed by atoms with van der Waals surface area (Å²) in [6.45, 7) is 3.45. The van der Waals surface area contributed by atoms with E-state index in [1.807, 2.05) is 29.6 Å². The molecule has 2 aromatic rings. The van der Waals surface area contributed by atoms with Crippen molar-refractivity contribution in [3.05, 3.63) is 42.1 Å². The number of imidazole rings is 1. The molecule has 0 aliphatic rings. The lowest BCUT2D eigenvalue weighted by Crippen LogP contribution is -2.21. The van der Waals surface area contributed by atoms with Gasteiger partial charge in [-0.15, -0.1) is 0 Å². The number of pyridine rings is 1. The maximum atomic E-state index is 12.5. The summed E-state index contributed by atoms with van der Waals surface area (Å²) >= 11 is 0. The predicted octanol–water partition coefficient (Wildman–Crippen LogP) is 3.13. The van der Waals surface area contributed by atoms with Crippen molar-refractivity contribution < 1.29 is 13.2 Å². The number of halogens is 3. The average molecular weight is 298 g/mol. The van der Waals surface area contributed by atoms with Gasteiger partial charge in [-0.25, -0.2) is 9.97 Å². The Kier molecular flexibility index (Phi) is 4.50. The second-order valence-corrected chi connectivity index (χ2v) is 4.85. The van der Waals surface area contributed by atoms with Crippen LogP contribution < -0.4 is 4.90 Å². The third-order valence-electron chi connectivity index (χ3n) is 3.28. The lowest BCUT2D eigenvalue weighted by molar-refractivity contribution is -0.137. The van der Waals surface area contributed by atoms with Gasteiger partial charge in [0.25, 0.3) is 0 Å². The van der Waals surface area contributed by atoms with Gasteiger partial charge in [0.2, 0.25) is 0 Å². The monoisotopic (exact) mass is 298 g/mol. The molecule has 0 spiro atoms. The van der Waals surface area contributed by atoms with E-state index in [1.165, 1.54) is 6.07 Å². The fraction of sp³-hybridized carbons (Fsp3) is 0.429. The van der Waals surface area contributed by atoms with E-state index >= 15 is 0 Å². The minimum atomic E-state index is -4.34. The molecule has 0 saturated carbocycles. The minimum Gasteiger partial charge on any atom is -0.360 e. The van der Waals surface area contributed by atoms with E-state index in [1.54, 1.807) is 6.20 Å². The Balaban J connectivity index is 1.88. The minimum absolute atomic E-state index is 0.533. The zero-order valence-electron chi connectivity index (χ0n) is 11.9. The molecule has 0 unspecified atom stereocenters. The molecule has 0 fully saturated rings. The molecule has 0 atom stereocenters. The third-order valence-corrected chi connectivity index (χ3v) is 3.28. The Labute approximate surface area is 121 Å². The van der Waals surface area contributed by atoms with Gasteiger partial charge in [-0.05, 0) is 25.5 Å². The number of hydrogen-bond donors (Lipinski definition) is 0. The van der Waals surface area contributed by atoms with E-state index in [0.717, 1.165) is 31.1 Å². The van der Waals surface area contributed by atoms with Crippen LogP contribution in [0.3, 0.4) is 0 Å². The molecule has 0 amide bonds. The molecule has 4 nitrogen and oxygen atoms in total. The zero-order chi connectivity index (χ0) is 15.5. The van der Waals surface area contributed by atoms with Gasteiger partial charge in [-0.1, -0.05) is 0 Å². The first-order valence-corrected chi connectivity index (χ1v) is 6.60. The molecule has 0 saturated heterocycles. The van der Waals surface area contributed by atoms with Crippen molar-refractivity contribution >= 4 is 5.82 Å². The number of alkyl halides is 3. The van der Waals surface area contributed by atoms with Crippen LogP contribution >= 0.6 is 0 Å². The SMILES string of the molecule is Cc1nccn1CCCN(C)c1ccc(C(F)(F)F)cn1. The topological polar surface area (TPSA) is 34.0 Å². The number of rotatable bonds is 5. The summed E-state index contributed by atoms with van der Waals surface area (Å²) in [5, 5.41) is 0. The highest BCUT2D eigenvalue weighted by atomic mass is 19.4. The average Bonchev–Trinajstić information content (AvgIpc) is 2.83. The van der Waals surface area contributed by atoms with Gasteiger partial charge in [0.1, 0.15) is 11.6 Å². The smallest absolute Gasteiger partial charge is 0.360 e. The summed E-state index contributed by atoms with van der Waals surface area (Å²) in [4.78, 5) is 9.84. The lowest BCUT2D eigenvalue weighted by atomic mass is 10.2. The highest BCUT2D eigenvalue weighted by molar-refractivity contribution is 5.38. The molecule has 0 aliphatic carbocycles. The van der Waals surface area contributed by atoms with Crippen LogP contribution in [-0.2, 0) is 12.7 Å². The van der Waals surface area contributed by atoms with Gasteiger partial charge in [-0.3, -0.25) is 0 Å². The molecule has 2 heterocycles. The largest absolute Gasteiger partial charge is 0.417 e. The van der Waals surface area contributed by atoms with E-state index in [0.29, 0.717) is 12.4 Å². The molecule has 2 aromatic heterocycles. The Morgan fingerprint density at radius 1 is 1.24 bits per heavy atom. The van der Waals surface area contributed by atoms with Crippen LogP contribution in [0.25, 0.3) is 0 Å². The van der Waals surface area contributed by atoms with Crippen LogP contribution in [0.4, 0.5) is 19.0 Å². The van der Waals surface area contributed by atoms with Crippen LogP contribution in [0.1, 0.15) is 17.8 Å². The number of anilines is 1. The van der Waals surface area contributed by atoms with E-state index in [2.05, 4.69) is 9.97 Å². The van der Waals surface area contributed by atoms with Gasteiger partial charge in [-0.2, -0.15) is 13.2 Å². The van der Waals surface area contributed by atoms with Crippen molar-refractivity contribution in [1.82, 2.24) is 14.5 Å². The van der Waals surface area contributed by atoms with Gasteiger partial charge >= 0.3 is 6.18 Å². The van der Waals surface area contributed by atoms with Gasteiger partial charge < -0.3 is 9.47 Å². The molecule has 0 bridgehead atoms. The Morgan fingerprint density at radius 2 is 2.00 bits per heavy atom. The first kappa shape index (κ1) is 15.3. The number of nitrogens with zero attached hydrogens (tertiary/aromatic N) is 4. The third kappa shape index (κ3) is 3.96. The predicted molar refractivity (Wildman–Crippen MR) is 74.1 cm³/mol. The summed E-state index contributed by atoms with van der Waals surface area (Å²) in [5.41, 5.74) is -0.728. The first-order valence-electron chi connectivity index (χ1n) is 6.60. The molecule has 21 heavy (non-hydrogen) atoms. The van der Waals surface area contributed by atoms with E-state index < -0.39 is 11.7 Å². The molecule has 0 radical (unpaired) electrons. The normalized spacial score (nSPS) is 11.7. The van der Waals surface area contributed by atoms with E-state index in [9.17, 15) is 13.2 Å². The first-order chi connectivity index (χ1) is 9.88. The maximum Gasteiger partial charge on any atom is 0.417 e. The van der Waals surface area contributed by atoms with E-state index in [4.69, 9.17) is 0 Å². The number of aromatic nitrogens is 3. The van der Waals surface area contributed by atoms with Crippen LogP contribution in [0, 0.1) is 6.92 Å². The second-order valence-electron chi connectivity index (χ2n) is 4.85. The Morgan fingerprint density at radius 3 is 2.52 bits per heavy atom. The maximum absolute atomic E-state index is 12.5. The summed E-state index contributed by atoms with van der Waals surface area (Å²) in [6.07, 6.45) is 1.04. The molecule has 0 N–H and O–H groups in total. The molecule has 0 aromatic carbocycles. The summed E-state index contributed by atoms with van der Waals surface area (Å²) < 4.78 is 39.4. The fourth-order valence-electron chi connectivity index (χ4n) is 2.01. The van der Waals surface area contributed by atoms with Crippen molar-refractivity contribution in [3.8, 4) is 0 Å². The zero-order valence-corrected chi connectivity index (χ0v) is 11.9. The highest BCUT2D eigenvalue weighted by Crippen LogP contribution is 2.29. The van der Waals surface area contributed by atoms with Crippen molar-refractivity contribution in [2.45, 2.75) is 26.1 Å². The number of hydrogen-bond acceptors (Lipinski definition) is 3. The van der Waals surface area contributed by atoms with Crippen molar-refractivity contribution in [1.29, 1.82) is 0 Å². The van der Waals surface area contributed by atoms with Gasteiger partial charge in [0, 0.05) is 38.7 Å². The molecular weight excluding hydrogens is 281 g/mol. The highest BCUT2D eigenvalue weighted by Gasteiger charge is 2.30. The lowest BCUT2D eigenvalue weighted by Gasteiger charge is -2.19.